The van der Waals surface area contributed by atoms with Crippen molar-refractivity contribution in [1.82, 2.24) is 0 Å². The molecule has 1 heterocycles. The molecule has 96 valence electrons. The Morgan fingerprint density at radius 2 is 1.47 bits per heavy atom. The fourth-order valence-corrected chi connectivity index (χ4v) is 2.45. The third-order valence-corrected chi connectivity index (χ3v) is 3.41. The minimum Gasteiger partial charge on any atom is -0.326 e. The van der Waals surface area contributed by atoms with Crippen LogP contribution in [0.1, 0.15) is 18.4 Å². The molecular weight excluding hydrogens is 232 g/mol. The van der Waals surface area contributed by atoms with Crippen molar-refractivity contribution in [2.75, 3.05) is 18.0 Å². The molecule has 0 atom stereocenters. The molecule has 2 nitrogen and oxygen atoms in total. The predicted octanol–water partition coefficient (Wildman–Crippen LogP) is 3.73. The van der Waals surface area contributed by atoms with Crippen molar-refractivity contribution < 1.29 is 0 Å². The first kappa shape index (κ1) is 12.0. The molecule has 0 bridgehead atoms. The molecule has 0 fully saturated rings. The lowest BCUT2D eigenvalue weighted by molar-refractivity contribution is 0.775. The van der Waals surface area contributed by atoms with Crippen LogP contribution < -0.4 is 4.90 Å². The van der Waals surface area contributed by atoms with Crippen LogP contribution in [0.4, 0.5) is 5.69 Å². The molecule has 2 aromatic rings. The fraction of sp³-hybridized carbons (Fsp3) is 0.235. The Hall–Kier alpha value is -2.09. The Morgan fingerprint density at radius 1 is 0.789 bits per heavy atom. The van der Waals surface area contributed by atoms with Crippen LogP contribution in [-0.4, -0.2) is 18.9 Å². The number of nitrogens with zero attached hydrogens (tertiary/aromatic N) is 2. The summed E-state index contributed by atoms with van der Waals surface area (Å²) in [7, 11) is 0. The quantitative estimate of drug-likeness (QED) is 0.793. The molecule has 19 heavy (non-hydrogen) atoms. The highest BCUT2D eigenvalue weighted by atomic mass is 15.2. The van der Waals surface area contributed by atoms with Crippen molar-refractivity contribution >= 4 is 11.5 Å². The summed E-state index contributed by atoms with van der Waals surface area (Å²) in [5, 5.41) is 0. The Bertz CT molecular complexity index is 546. The molecule has 1 aliphatic rings. The van der Waals surface area contributed by atoms with E-state index in [-0.39, 0.29) is 0 Å². The molecule has 3 rings (SSSR count). The van der Waals surface area contributed by atoms with E-state index in [1.807, 2.05) is 6.07 Å². The zero-order valence-corrected chi connectivity index (χ0v) is 11.0. The van der Waals surface area contributed by atoms with Gasteiger partial charge in [-0.2, -0.15) is 0 Å². The normalized spacial score (nSPS) is 15.8. The molecule has 2 heteroatoms. The number of aliphatic imine (C=N–C) groups is 1. The van der Waals surface area contributed by atoms with Gasteiger partial charge in [-0.1, -0.05) is 48.5 Å². The van der Waals surface area contributed by atoms with E-state index >= 15 is 0 Å². The summed E-state index contributed by atoms with van der Waals surface area (Å²) in [5.74, 6) is 1.10. The van der Waals surface area contributed by atoms with Crippen LogP contribution in [0.5, 0.6) is 0 Å². The van der Waals surface area contributed by atoms with E-state index in [1.54, 1.807) is 0 Å². The Labute approximate surface area is 114 Å². The van der Waals surface area contributed by atoms with Crippen molar-refractivity contribution in [3.05, 3.63) is 66.2 Å². The molecule has 0 N–H and O–H groups in total. The van der Waals surface area contributed by atoms with Crippen LogP contribution in [0.3, 0.4) is 0 Å². The minimum atomic E-state index is 0.924. The van der Waals surface area contributed by atoms with E-state index in [1.165, 1.54) is 24.1 Å². The van der Waals surface area contributed by atoms with Crippen LogP contribution in [0, 0.1) is 0 Å². The summed E-state index contributed by atoms with van der Waals surface area (Å²) >= 11 is 0. The molecule has 2 aromatic carbocycles. The molecule has 0 saturated carbocycles. The smallest absolute Gasteiger partial charge is 0.135 e. The predicted molar refractivity (Wildman–Crippen MR) is 80.9 cm³/mol. The molecule has 0 spiro atoms. The van der Waals surface area contributed by atoms with Gasteiger partial charge in [-0.25, -0.2) is 0 Å². The van der Waals surface area contributed by atoms with Gasteiger partial charge in [0.25, 0.3) is 0 Å². The molecule has 0 aliphatic carbocycles. The van der Waals surface area contributed by atoms with Crippen molar-refractivity contribution in [3.63, 3.8) is 0 Å². The van der Waals surface area contributed by atoms with Gasteiger partial charge in [0.05, 0.1) is 0 Å². The van der Waals surface area contributed by atoms with Gasteiger partial charge in [0.2, 0.25) is 0 Å². The van der Waals surface area contributed by atoms with Gasteiger partial charge >= 0.3 is 0 Å². The van der Waals surface area contributed by atoms with E-state index in [9.17, 15) is 0 Å². The average Bonchev–Trinajstić information content (AvgIpc) is 2.75. The van der Waals surface area contributed by atoms with Gasteiger partial charge in [-0.05, 0) is 25.0 Å². The molecule has 1 aliphatic heterocycles. The second-order valence-electron chi connectivity index (χ2n) is 4.77. The Morgan fingerprint density at radius 3 is 2.21 bits per heavy atom. The van der Waals surface area contributed by atoms with Gasteiger partial charge in [0.1, 0.15) is 5.84 Å². The van der Waals surface area contributed by atoms with Crippen LogP contribution in [0.2, 0.25) is 0 Å². The van der Waals surface area contributed by atoms with Crippen LogP contribution in [0.15, 0.2) is 65.7 Å². The van der Waals surface area contributed by atoms with Crippen LogP contribution in [0.25, 0.3) is 0 Å². The zero-order valence-electron chi connectivity index (χ0n) is 11.0. The molecule has 0 unspecified atom stereocenters. The van der Waals surface area contributed by atoms with Crippen molar-refractivity contribution in [2.24, 2.45) is 4.99 Å². The van der Waals surface area contributed by atoms with Crippen LogP contribution in [-0.2, 0) is 0 Å². The molecule has 0 aromatic heterocycles. The average molecular weight is 250 g/mol. The topological polar surface area (TPSA) is 15.6 Å². The summed E-state index contributed by atoms with van der Waals surface area (Å²) < 4.78 is 0. The standard InChI is InChI=1S/C17H18N2/c1-3-9-15(10-4-1)17-18-13-7-8-14-19(17)16-11-5-2-6-12-16/h1-6,9-12H,7-8,13-14H2. The summed E-state index contributed by atoms with van der Waals surface area (Å²) in [6, 6.07) is 21.0. The second kappa shape index (κ2) is 5.70. The highest BCUT2D eigenvalue weighted by Crippen LogP contribution is 2.20. The van der Waals surface area contributed by atoms with Crippen molar-refractivity contribution in [2.45, 2.75) is 12.8 Å². The fourth-order valence-electron chi connectivity index (χ4n) is 2.45. The minimum absolute atomic E-state index is 0.924. The summed E-state index contributed by atoms with van der Waals surface area (Å²) in [6.07, 6.45) is 2.36. The number of benzene rings is 2. The van der Waals surface area contributed by atoms with E-state index in [2.05, 4.69) is 59.5 Å². The van der Waals surface area contributed by atoms with E-state index < -0.39 is 0 Å². The first-order valence-electron chi connectivity index (χ1n) is 6.87. The maximum absolute atomic E-state index is 4.79. The molecular formula is C17H18N2. The third-order valence-electron chi connectivity index (χ3n) is 3.41. The largest absolute Gasteiger partial charge is 0.326 e. The van der Waals surface area contributed by atoms with Gasteiger partial charge in [-0.3, -0.25) is 4.99 Å². The summed E-state index contributed by atoms with van der Waals surface area (Å²) in [4.78, 5) is 7.13. The van der Waals surface area contributed by atoms with Crippen molar-refractivity contribution in [1.29, 1.82) is 0 Å². The summed E-state index contributed by atoms with van der Waals surface area (Å²) in [6.45, 7) is 1.96. The van der Waals surface area contributed by atoms with E-state index in [4.69, 9.17) is 4.99 Å². The van der Waals surface area contributed by atoms with Crippen molar-refractivity contribution in [3.8, 4) is 0 Å². The lowest BCUT2D eigenvalue weighted by Crippen LogP contribution is -2.31. The first-order valence-corrected chi connectivity index (χ1v) is 6.87. The van der Waals surface area contributed by atoms with E-state index in [0.29, 0.717) is 0 Å². The Kier molecular flexibility index (Phi) is 3.59. The highest BCUT2D eigenvalue weighted by molar-refractivity contribution is 6.10. The third kappa shape index (κ3) is 2.68. The SMILES string of the molecule is c1ccc(C2=NCCCCN2c2ccccc2)cc1. The van der Waals surface area contributed by atoms with Gasteiger partial charge in [0, 0.05) is 24.3 Å². The second-order valence-corrected chi connectivity index (χ2v) is 4.77. The Balaban J connectivity index is 2.00. The zero-order chi connectivity index (χ0) is 12.9. The number of para-hydroxylation sites is 1. The molecule has 0 amide bonds. The van der Waals surface area contributed by atoms with Gasteiger partial charge in [0.15, 0.2) is 0 Å². The van der Waals surface area contributed by atoms with Gasteiger partial charge in [-0.15, -0.1) is 0 Å². The maximum atomic E-state index is 4.79. The van der Waals surface area contributed by atoms with Crippen LogP contribution >= 0.6 is 0 Å². The number of hydrogen-bond donors (Lipinski definition) is 0. The monoisotopic (exact) mass is 250 g/mol. The maximum Gasteiger partial charge on any atom is 0.135 e. The molecule has 0 radical (unpaired) electrons. The van der Waals surface area contributed by atoms with Gasteiger partial charge < -0.3 is 4.90 Å². The molecule has 0 saturated heterocycles. The number of anilines is 1. The summed E-state index contributed by atoms with van der Waals surface area (Å²) in [5.41, 5.74) is 2.43. The lowest BCUT2D eigenvalue weighted by Gasteiger charge is -2.25. The number of hydrogen-bond acceptors (Lipinski definition) is 2. The highest BCUT2D eigenvalue weighted by Gasteiger charge is 2.17. The number of rotatable bonds is 2. The lowest BCUT2D eigenvalue weighted by atomic mass is 10.1. The first-order chi connectivity index (χ1) is 9.45. The van der Waals surface area contributed by atoms with E-state index in [0.717, 1.165) is 18.9 Å². The number of amidine groups is 1.